The molecule has 4 rings (SSSR count). The van der Waals surface area contributed by atoms with Gasteiger partial charge in [-0.25, -0.2) is 14.5 Å². The molecule has 1 N–H and O–H groups in total. The summed E-state index contributed by atoms with van der Waals surface area (Å²) < 4.78 is 11.8. The van der Waals surface area contributed by atoms with E-state index in [1.165, 1.54) is 10.5 Å². The van der Waals surface area contributed by atoms with E-state index in [4.69, 9.17) is 9.47 Å². The molecule has 0 radical (unpaired) electrons. The monoisotopic (exact) mass is 599 g/mol. The molecule has 0 aromatic heterocycles. The molecule has 44 heavy (non-hydrogen) atoms. The molecule has 1 aliphatic heterocycles. The number of β-lactam (4-membered cyclic amide) rings is 1. The van der Waals surface area contributed by atoms with Crippen molar-refractivity contribution in [1.29, 1.82) is 0 Å². The van der Waals surface area contributed by atoms with E-state index in [0.717, 1.165) is 30.5 Å². The van der Waals surface area contributed by atoms with Crippen LogP contribution in [0.1, 0.15) is 79.5 Å². The van der Waals surface area contributed by atoms with Crippen LogP contribution in [-0.2, 0) is 16.1 Å². The van der Waals surface area contributed by atoms with Crippen LogP contribution in [0.5, 0.6) is 5.75 Å². The van der Waals surface area contributed by atoms with Gasteiger partial charge >= 0.3 is 12.0 Å². The molecule has 1 saturated heterocycles. The standard InChI is InChI=1S/C36H45N3O5/c1-6-12-31(28-17-15-26(4)16-18-28)37-35(42)39-33(41)36(7-2,8-3)34(39)44-30-21-19-29(20-22-30)32(40)43-24-23-38(5)25-27-13-10-9-11-14-27/h9-11,13-22,31,34H,6-8,12,23-25H2,1-5H3,(H,37,42)/t31-,34+/m1/s1. The van der Waals surface area contributed by atoms with Gasteiger partial charge in [-0.15, -0.1) is 0 Å². The molecule has 3 aromatic rings. The summed E-state index contributed by atoms with van der Waals surface area (Å²) in [4.78, 5) is 42.9. The number of aryl methyl sites for hydroxylation is 1. The highest BCUT2D eigenvalue weighted by Gasteiger charge is 2.63. The van der Waals surface area contributed by atoms with Gasteiger partial charge in [0.15, 0.2) is 6.23 Å². The molecule has 2 atom stereocenters. The Bertz CT molecular complexity index is 1390. The van der Waals surface area contributed by atoms with Gasteiger partial charge in [-0.3, -0.25) is 9.69 Å². The predicted molar refractivity (Wildman–Crippen MR) is 171 cm³/mol. The van der Waals surface area contributed by atoms with E-state index >= 15 is 0 Å². The number of carbonyl (C=O) groups is 3. The smallest absolute Gasteiger partial charge is 0.338 e. The summed E-state index contributed by atoms with van der Waals surface area (Å²) in [5.41, 5.74) is 2.94. The average Bonchev–Trinajstić information content (AvgIpc) is 3.02. The minimum atomic E-state index is -0.801. The number of nitrogens with one attached hydrogen (secondary N) is 1. The summed E-state index contributed by atoms with van der Waals surface area (Å²) in [6, 6.07) is 24.2. The number of rotatable bonds is 14. The van der Waals surface area contributed by atoms with Crippen molar-refractivity contribution in [2.24, 2.45) is 5.41 Å². The largest absolute Gasteiger partial charge is 0.469 e. The first-order valence-electron chi connectivity index (χ1n) is 15.6. The van der Waals surface area contributed by atoms with Crippen LogP contribution in [0.4, 0.5) is 4.79 Å². The Hall–Kier alpha value is -4.17. The molecule has 0 unspecified atom stereocenters. The number of esters is 1. The number of urea groups is 1. The first kappa shape index (κ1) is 32.7. The number of likely N-dealkylation sites (tertiary alicyclic amines) is 1. The van der Waals surface area contributed by atoms with Crippen molar-refractivity contribution in [2.45, 2.75) is 72.2 Å². The number of carbonyl (C=O) groups excluding carboxylic acids is 3. The molecule has 0 spiro atoms. The van der Waals surface area contributed by atoms with E-state index in [2.05, 4.69) is 29.3 Å². The van der Waals surface area contributed by atoms with E-state index in [0.29, 0.717) is 30.7 Å². The van der Waals surface area contributed by atoms with Gasteiger partial charge in [0.05, 0.1) is 11.6 Å². The summed E-state index contributed by atoms with van der Waals surface area (Å²) in [6.45, 7) is 9.61. The highest BCUT2D eigenvalue weighted by atomic mass is 16.5. The zero-order valence-electron chi connectivity index (χ0n) is 26.5. The maximum atomic E-state index is 13.5. The molecule has 3 amide bonds. The molecule has 8 heteroatoms. The quantitative estimate of drug-likeness (QED) is 0.160. The van der Waals surface area contributed by atoms with Crippen LogP contribution in [0.3, 0.4) is 0 Å². The number of imide groups is 1. The van der Waals surface area contributed by atoms with Gasteiger partial charge in [-0.1, -0.05) is 87.4 Å². The van der Waals surface area contributed by atoms with Crippen LogP contribution in [0.25, 0.3) is 0 Å². The molecule has 1 aliphatic rings. The van der Waals surface area contributed by atoms with E-state index in [-0.39, 0.29) is 18.6 Å². The molecule has 8 nitrogen and oxygen atoms in total. The normalized spacial score (nSPS) is 16.3. The van der Waals surface area contributed by atoms with Crippen LogP contribution >= 0.6 is 0 Å². The van der Waals surface area contributed by atoms with E-state index < -0.39 is 23.6 Å². The maximum Gasteiger partial charge on any atom is 0.338 e. The van der Waals surface area contributed by atoms with Gasteiger partial charge in [0.25, 0.3) is 0 Å². The van der Waals surface area contributed by atoms with E-state index in [9.17, 15) is 14.4 Å². The summed E-state index contributed by atoms with van der Waals surface area (Å²) in [7, 11) is 1.99. The van der Waals surface area contributed by atoms with Crippen molar-refractivity contribution in [2.75, 3.05) is 20.2 Å². The Balaban J connectivity index is 1.38. The maximum absolute atomic E-state index is 13.5. The minimum Gasteiger partial charge on any atom is -0.469 e. The second-order valence-electron chi connectivity index (χ2n) is 11.6. The van der Waals surface area contributed by atoms with Crippen molar-refractivity contribution >= 4 is 17.9 Å². The van der Waals surface area contributed by atoms with Crippen molar-refractivity contribution in [1.82, 2.24) is 15.1 Å². The zero-order chi connectivity index (χ0) is 31.7. The second kappa shape index (κ2) is 15.0. The molecule has 0 aliphatic carbocycles. The summed E-state index contributed by atoms with van der Waals surface area (Å²) in [5.74, 6) is -0.185. The molecular formula is C36H45N3O5. The molecule has 0 saturated carbocycles. The van der Waals surface area contributed by atoms with Gasteiger partial charge in [0.2, 0.25) is 5.91 Å². The SMILES string of the molecule is CCC[C@@H](NC(=O)N1C(=O)C(CC)(CC)[C@@H]1Oc1ccc(C(=O)OCCN(C)Cc2ccccc2)cc1)c1ccc(C)cc1. The Morgan fingerprint density at radius 1 is 0.955 bits per heavy atom. The third kappa shape index (κ3) is 7.48. The highest BCUT2D eigenvalue weighted by Crippen LogP contribution is 2.46. The first-order chi connectivity index (χ1) is 21.2. The topological polar surface area (TPSA) is 88.2 Å². The average molecular weight is 600 g/mol. The molecule has 1 heterocycles. The van der Waals surface area contributed by atoms with E-state index in [1.54, 1.807) is 24.3 Å². The summed E-state index contributed by atoms with van der Waals surface area (Å²) in [6.07, 6.45) is 1.94. The lowest BCUT2D eigenvalue weighted by molar-refractivity contribution is -0.191. The molecular weight excluding hydrogens is 554 g/mol. The fourth-order valence-electron chi connectivity index (χ4n) is 5.68. The van der Waals surface area contributed by atoms with Gasteiger partial charge < -0.3 is 14.8 Å². The number of nitrogens with zero attached hydrogens (tertiary/aromatic N) is 2. The Morgan fingerprint density at radius 2 is 1.61 bits per heavy atom. The Labute approximate surface area is 261 Å². The lowest BCUT2D eigenvalue weighted by Crippen LogP contribution is -2.73. The van der Waals surface area contributed by atoms with Crippen molar-refractivity contribution in [3.05, 3.63) is 101 Å². The molecule has 0 bridgehead atoms. The first-order valence-corrected chi connectivity index (χ1v) is 15.6. The summed E-state index contributed by atoms with van der Waals surface area (Å²) in [5, 5.41) is 3.07. The van der Waals surface area contributed by atoms with Crippen LogP contribution < -0.4 is 10.1 Å². The number of hydrogen-bond donors (Lipinski definition) is 1. The zero-order valence-corrected chi connectivity index (χ0v) is 26.5. The highest BCUT2D eigenvalue weighted by molar-refractivity contribution is 6.03. The predicted octanol–water partition coefficient (Wildman–Crippen LogP) is 6.89. The van der Waals surface area contributed by atoms with Crippen molar-refractivity contribution in [3.63, 3.8) is 0 Å². The number of hydrogen-bond acceptors (Lipinski definition) is 6. The number of ether oxygens (including phenoxy) is 2. The Kier molecular flexibility index (Phi) is 11.2. The van der Waals surface area contributed by atoms with E-state index in [1.807, 2.05) is 70.3 Å². The van der Waals surface area contributed by atoms with Crippen molar-refractivity contribution < 1.29 is 23.9 Å². The number of likely N-dealkylation sites (N-methyl/N-ethyl adjacent to an activating group) is 1. The van der Waals surface area contributed by atoms with Gasteiger partial charge in [-0.2, -0.15) is 0 Å². The van der Waals surface area contributed by atoms with Gasteiger partial charge in [-0.05, 0) is 68.6 Å². The van der Waals surface area contributed by atoms with Crippen LogP contribution in [0.2, 0.25) is 0 Å². The lowest BCUT2D eigenvalue weighted by atomic mass is 9.72. The van der Waals surface area contributed by atoms with Gasteiger partial charge in [0, 0.05) is 13.1 Å². The Morgan fingerprint density at radius 3 is 2.23 bits per heavy atom. The number of amides is 3. The third-order valence-electron chi connectivity index (χ3n) is 8.53. The number of benzene rings is 3. The summed E-state index contributed by atoms with van der Waals surface area (Å²) >= 11 is 0. The third-order valence-corrected chi connectivity index (χ3v) is 8.53. The second-order valence-corrected chi connectivity index (χ2v) is 11.6. The van der Waals surface area contributed by atoms with Crippen LogP contribution in [-0.4, -0.2) is 54.1 Å². The van der Waals surface area contributed by atoms with Crippen LogP contribution in [0.15, 0.2) is 78.9 Å². The van der Waals surface area contributed by atoms with Crippen LogP contribution in [0, 0.1) is 12.3 Å². The molecule has 234 valence electrons. The minimum absolute atomic E-state index is 0.219. The van der Waals surface area contributed by atoms with Gasteiger partial charge in [0.1, 0.15) is 17.8 Å². The molecule has 1 fully saturated rings. The fourth-order valence-corrected chi connectivity index (χ4v) is 5.68. The fraction of sp³-hybridized carbons (Fsp3) is 0.417. The van der Waals surface area contributed by atoms with Crippen molar-refractivity contribution in [3.8, 4) is 5.75 Å². The lowest BCUT2D eigenvalue weighted by Gasteiger charge is -2.53. The molecule has 3 aromatic carbocycles.